The van der Waals surface area contributed by atoms with Crippen molar-refractivity contribution in [2.45, 2.75) is 57.7 Å². The highest BCUT2D eigenvalue weighted by Crippen LogP contribution is 2.14. The first-order chi connectivity index (χ1) is 14.4. The van der Waals surface area contributed by atoms with Crippen LogP contribution in [-0.2, 0) is 30.3 Å². The van der Waals surface area contributed by atoms with Gasteiger partial charge in [-0.1, -0.05) is 30.3 Å². The number of nitrogens with zero attached hydrogens (tertiary/aromatic N) is 1. The van der Waals surface area contributed by atoms with Crippen LogP contribution < -0.4 is 5.32 Å². The molecule has 1 fully saturated rings. The van der Waals surface area contributed by atoms with E-state index in [1.165, 1.54) is 4.90 Å². The second-order valence-electron chi connectivity index (χ2n) is 7.46. The Labute approximate surface area is 177 Å². The third-order valence-corrected chi connectivity index (χ3v) is 5.04. The van der Waals surface area contributed by atoms with Gasteiger partial charge in [0.1, 0.15) is 12.6 Å². The van der Waals surface area contributed by atoms with Crippen molar-refractivity contribution in [1.29, 1.82) is 0 Å². The second-order valence-corrected chi connectivity index (χ2v) is 7.46. The fourth-order valence-electron chi connectivity index (χ4n) is 3.54. The molecule has 166 valence electrons. The van der Waals surface area contributed by atoms with Crippen molar-refractivity contribution in [3.63, 3.8) is 0 Å². The van der Waals surface area contributed by atoms with Crippen LogP contribution >= 0.6 is 0 Å². The largest absolute Gasteiger partial charge is 0.480 e. The first-order valence-electron chi connectivity index (χ1n) is 10.5. The van der Waals surface area contributed by atoms with Crippen LogP contribution in [0, 0.1) is 0 Å². The van der Waals surface area contributed by atoms with Crippen molar-refractivity contribution in [2.75, 3.05) is 26.3 Å². The topological polar surface area (TPSA) is 105 Å². The predicted molar refractivity (Wildman–Crippen MR) is 111 cm³/mol. The molecule has 30 heavy (non-hydrogen) atoms. The number of ether oxygens (including phenoxy) is 2. The van der Waals surface area contributed by atoms with Crippen molar-refractivity contribution in [3.05, 3.63) is 35.9 Å². The molecule has 1 saturated heterocycles. The zero-order valence-electron chi connectivity index (χ0n) is 17.7. The van der Waals surface area contributed by atoms with Gasteiger partial charge >= 0.3 is 11.9 Å². The number of nitrogens with one attached hydrogen (secondary N) is 1. The Bertz CT molecular complexity index is 690. The van der Waals surface area contributed by atoms with Gasteiger partial charge in [-0.2, -0.15) is 0 Å². The summed E-state index contributed by atoms with van der Waals surface area (Å²) >= 11 is 0. The SMILES string of the molecule is CCOC(=O)C(CCc1ccccc1)NC(C)C(=O)N(CC(=O)O)CC1CCCO1. The molecule has 0 bridgehead atoms. The molecule has 1 amide bonds. The van der Waals surface area contributed by atoms with E-state index in [4.69, 9.17) is 9.47 Å². The van der Waals surface area contributed by atoms with Crippen LogP contribution in [0.5, 0.6) is 0 Å². The lowest BCUT2D eigenvalue weighted by atomic mass is 10.0. The van der Waals surface area contributed by atoms with E-state index < -0.39 is 30.6 Å². The van der Waals surface area contributed by atoms with E-state index in [0.717, 1.165) is 18.4 Å². The van der Waals surface area contributed by atoms with Gasteiger partial charge in [0.15, 0.2) is 0 Å². The Hall–Kier alpha value is -2.45. The van der Waals surface area contributed by atoms with Gasteiger partial charge in [0.05, 0.1) is 18.8 Å². The van der Waals surface area contributed by atoms with Gasteiger partial charge in [-0.15, -0.1) is 0 Å². The molecule has 1 heterocycles. The third kappa shape index (κ3) is 7.76. The maximum Gasteiger partial charge on any atom is 0.323 e. The molecular weight excluding hydrogens is 388 g/mol. The average molecular weight is 421 g/mol. The number of esters is 1. The molecule has 0 aliphatic carbocycles. The lowest BCUT2D eigenvalue weighted by Gasteiger charge is -2.29. The highest BCUT2D eigenvalue weighted by atomic mass is 16.5. The molecule has 3 unspecified atom stereocenters. The van der Waals surface area contributed by atoms with Crippen LogP contribution in [0.3, 0.4) is 0 Å². The maximum absolute atomic E-state index is 12.9. The fraction of sp³-hybridized carbons (Fsp3) is 0.591. The first kappa shape index (κ1) is 23.8. The highest BCUT2D eigenvalue weighted by molar-refractivity contribution is 5.86. The lowest BCUT2D eigenvalue weighted by Crippen LogP contribution is -2.53. The van der Waals surface area contributed by atoms with Crippen LogP contribution in [0.15, 0.2) is 30.3 Å². The number of aryl methyl sites for hydroxylation is 1. The number of hydrogen-bond acceptors (Lipinski definition) is 6. The van der Waals surface area contributed by atoms with E-state index in [1.54, 1.807) is 13.8 Å². The number of benzene rings is 1. The minimum atomic E-state index is -1.08. The molecule has 1 aliphatic heterocycles. The zero-order valence-corrected chi connectivity index (χ0v) is 17.7. The van der Waals surface area contributed by atoms with Gasteiger partial charge in [-0.25, -0.2) is 0 Å². The summed E-state index contributed by atoms with van der Waals surface area (Å²) in [6, 6.07) is 8.34. The molecule has 2 rings (SSSR count). The summed E-state index contributed by atoms with van der Waals surface area (Å²) in [6.07, 6.45) is 2.66. The molecule has 0 aromatic heterocycles. The van der Waals surface area contributed by atoms with Crippen LogP contribution in [0.1, 0.15) is 38.7 Å². The minimum absolute atomic E-state index is 0.153. The Kier molecular flexibility index (Phi) is 9.76. The maximum atomic E-state index is 12.9. The normalized spacial score (nSPS) is 17.9. The van der Waals surface area contributed by atoms with Crippen molar-refractivity contribution < 1.29 is 29.0 Å². The summed E-state index contributed by atoms with van der Waals surface area (Å²) in [5.74, 6) is -1.88. The summed E-state index contributed by atoms with van der Waals surface area (Å²) in [4.78, 5) is 37.9. The van der Waals surface area contributed by atoms with E-state index in [0.29, 0.717) is 19.4 Å². The Morgan fingerprint density at radius 3 is 2.63 bits per heavy atom. The quantitative estimate of drug-likeness (QED) is 0.495. The molecule has 0 saturated carbocycles. The summed E-state index contributed by atoms with van der Waals surface area (Å²) in [5, 5.41) is 12.3. The van der Waals surface area contributed by atoms with Gasteiger partial charge < -0.3 is 19.5 Å². The molecule has 2 N–H and O–H groups in total. The van der Waals surface area contributed by atoms with Gasteiger partial charge in [0.2, 0.25) is 5.91 Å². The van der Waals surface area contributed by atoms with Crippen molar-refractivity contribution in [2.24, 2.45) is 0 Å². The van der Waals surface area contributed by atoms with Crippen LogP contribution in [0.2, 0.25) is 0 Å². The number of aliphatic carboxylic acids is 1. The van der Waals surface area contributed by atoms with Gasteiger partial charge in [-0.3, -0.25) is 19.7 Å². The minimum Gasteiger partial charge on any atom is -0.480 e. The number of carbonyl (C=O) groups is 3. The number of amides is 1. The Balaban J connectivity index is 2.02. The number of carbonyl (C=O) groups excluding carboxylic acids is 2. The lowest BCUT2D eigenvalue weighted by molar-refractivity contribution is -0.149. The van der Waals surface area contributed by atoms with E-state index >= 15 is 0 Å². The van der Waals surface area contributed by atoms with E-state index in [9.17, 15) is 19.5 Å². The van der Waals surface area contributed by atoms with Gasteiger partial charge in [0, 0.05) is 13.2 Å². The zero-order chi connectivity index (χ0) is 21.9. The molecule has 0 spiro atoms. The molecule has 3 atom stereocenters. The molecule has 8 heteroatoms. The summed E-state index contributed by atoms with van der Waals surface area (Å²) in [7, 11) is 0. The van der Waals surface area contributed by atoms with E-state index in [-0.39, 0.29) is 25.2 Å². The molecular formula is C22H32N2O6. The second kappa shape index (κ2) is 12.3. The van der Waals surface area contributed by atoms with Crippen molar-refractivity contribution in [1.82, 2.24) is 10.2 Å². The van der Waals surface area contributed by atoms with E-state index in [1.807, 2.05) is 30.3 Å². The van der Waals surface area contributed by atoms with Crippen LogP contribution in [0.4, 0.5) is 0 Å². The Morgan fingerprint density at radius 2 is 2.03 bits per heavy atom. The van der Waals surface area contributed by atoms with Crippen molar-refractivity contribution >= 4 is 17.8 Å². The summed E-state index contributed by atoms with van der Waals surface area (Å²) in [5.41, 5.74) is 1.08. The number of hydrogen-bond donors (Lipinski definition) is 2. The van der Waals surface area contributed by atoms with Gasteiger partial charge in [-0.05, 0) is 45.1 Å². The molecule has 1 aromatic carbocycles. The molecule has 1 aliphatic rings. The number of carboxylic acids is 1. The van der Waals surface area contributed by atoms with Crippen molar-refractivity contribution in [3.8, 4) is 0 Å². The molecule has 0 radical (unpaired) electrons. The predicted octanol–water partition coefficient (Wildman–Crippen LogP) is 1.62. The molecule has 1 aromatic rings. The Morgan fingerprint density at radius 1 is 1.30 bits per heavy atom. The fourth-order valence-corrected chi connectivity index (χ4v) is 3.54. The number of rotatable bonds is 12. The highest BCUT2D eigenvalue weighted by Gasteiger charge is 2.30. The summed E-state index contributed by atoms with van der Waals surface area (Å²) in [6.45, 7) is 4.06. The third-order valence-electron chi connectivity index (χ3n) is 5.04. The average Bonchev–Trinajstić information content (AvgIpc) is 3.23. The standard InChI is InChI=1S/C22H32N2O6/c1-3-29-22(28)19(12-11-17-8-5-4-6-9-17)23-16(2)21(27)24(15-20(25)26)14-18-10-7-13-30-18/h4-6,8-9,16,18-19,23H,3,7,10-15H2,1-2H3,(H,25,26). The summed E-state index contributed by atoms with van der Waals surface area (Å²) < 4.78 is 10.7. The number of carboxylic acid groups (broad SMARTS) is 1. The smallest absolute Gasteiger partial charge is 0.323 e. The van der Waals surface area contributed by atoms with Gasteiger partial charge in [0.25, 0.3) is 0 Å². The monoisotopic (exact) mass is 420 g/mol. The van der Waals surface area contributed by atoms with Crippen LogP contribution in [-0.4, -0.2) is 72.3 Å². The van der Waals surface area contributed by atoms with E-state index in [2.05, 4.69) is 5.32 Å². The van der Waals surface area contributed by atoms with Crippen LogP contribution in [0.25, 0.3) is 0 Å². The first-order valence-corrected chi connectivity index (χ1v) is 10.5. The molecule has 8 nitrogen and oxygen atoms in total.